The maximum atomic E-state index is 12.1. The van der Waals surface area contributed by atoms with Gasteiger partial charge in [0.05, 0.1) is 12.1 Å². The van der Waals surface area contributed by atoms with E-state index in [4.69, 9.17) is 0 Å². The van der Waals surface area contributed by atoms with E-state index < -0.39 is 12.6 Å². The highest BCUT2D eigenvalue weighted by atomic mass is 19.4. The van der Waals surface area contributed by atoms with Gasteiger partial charge in [0.15, 0.2) is 5.82 Å². The van der Waals surface area contributed by atoms with Crippen molar-refractivity contribution in [3.05, 3.63) is 30.2 Å². The third-order valence-electron chi connectivity index (χ3n) is 1.84. The zero-order chi connectivity index (χ0) is 11.6. The van der Waals surface area contributed by atoms with Gasteiger partial charge in [0.25, 0.3) is 0 Å². The minimum atomic E-state index is -4.26. The van der Waals surface area contributed by atoms with E-state index in [-0.39, 0.29) is 11.5 Å². The summed E-state index contributed by atoms with van der Waals surface area (Å²) < 4.78 is 36.4. The Hall–Kier alpha value is -1.92. The van der Waals surface area contributed by atoms with Crippen LogP contribution in [-0.4, -0.2) is 26.3 Å². The molecular weight excluding hydrogens is 221 g/mol. The molecule has 0 saturated heterocycles. The zero-order valence-corrected chi connectivity index (χ0v) is 7.99. The molecule has 1 N–H and O–H groups in total. The number of aromatic amines is 1. The first-order valence-corrected chi connectivity index (χ1v) is 4.43. The number of aromatic nitrogens is 4. The van der Waals surface area contributed by atoms with Crippen molar-refractivity contribution in [1.29, 1.82) is 0 Å². The van der Waals surface area contributed by atoms with Crippen LogP contribution in [0.5, 0.6) is 0 Å². The fourth-order valence-electron chi connectivity index (χ4n) is 1.21. The summed E-state index contributed by atoms with van der Waals surface area (Å²) in [6.45, 7) is 0. The quantitative estimate of drug-likeness (QED) is 0.854. The van der Waals surface area contributed by atoms with Gasteiger partial charge < -0.3 is 0 Å². The lowest BCUT2D eigenvalue weighted by molar-refractivity contribution is -0.127. The molecule has 2 aromatic heterocycles. The summed E-state index contributed by atoms with van der Waals surface area (Å²) in [6, 6.07) is 2.83. The molecule has 0 fully saturated rings. The average Bonchev–Trinajstić information content (AvgIpc) is 2.68. The van der Waals surface area contributed by atoms with E-state index in [1.807, 2.05) is 0 Å². The molecule has 7 heteroatoms. The fourth-order valence-corrected chi connectivity index (χ4v) is 1.21. The molecule has 0 bridgehead atoms. The maximum absolute atomic E-state index is 12.1. The number of halogens is 3. The van der Waals surface area contributed by atoms with Gasteiger partial charge in [-0.2, -0.15) is 18.3 Å². The number of hydrogen-bond donors (Lipinski definition) is 1. The van der Waals surface area contributed by atoms with Crippen LogP contribution in [0.25, 0.3) is 11.5 Å². The summed E-state index contributed by atoms with van der Waals surface area (Å²) in [6.07, 6.45) is -2.55. The monoisotopic (exact) mass is 228 g/mol. The van der Waals surface area contributed by atoms with E-state index in [0.717, 1.165) is 0 Å². The Labute approximate surface area is 88.6 Å². The molecule has 0 spiro atoms. The van der Waals surface area contributed by atoms with Crippen molar-refractivity contribution in [2.45, 2.75) is 12.6 Å². The van der Waals surface area contributed by atoms with Crippen LogP contribution in [-0.2, 0) is 6.42 Å². The first-order valence-electron chi connectivity index (χ1n) is 4.43. The summed E-state index contributed by atoms with van der Waals surface area (Å²) in [5.74, 6) is 0.208. The molecule has 4 nitrogen and oxygen atoms in total. The fraction of sp³-hybridized carbons (Fsp3) is 0.222. The molecule has 0 aromatic carbocycles. The lowest BCUT2D eigenvalue weighted by Crippen LogP contribution is -2.13. The molecule has 84 valence electrons. The molecule has 0 aliphatic rings. The molecular formula is C9H7F3N4. The van der Waals surface area contributed by atoms with E-state index in [0.29, 0.717) is 5.69 Å². The smallest absolute Gasteiger partial charge is 0.275 e. The summed E-state index contributed by atoms with van der Waals surface area (Å²) in [5, 5.41) is 6.26. The SMILES string of the molecule is FC(F)(F)Cc1ccnc(-c2ccn[nH]2)n1. The number of alkyl halides is 3. The summed E-state index contributed by atoms with van der Waals surface area (Å²) in [4.78, 5) is 7.66. The number of hydrogen-bond acceptors (Lipinski definition) is 3. The second kappa shape index (κ2) is 3.92. The van der Waals surface area contributed by atoms with Crippen LogP contribution in [0.4, 0.5) is 13.2 Å². The first-order chi connectivity index (χ1) is 7.54. The highest BCUT2D eigenvalue weighted by Crippen LogP contribution is 2.20. The second-order valence-corrected chi connectivity index (χ2v) is 3.13. The lowest BCUT2D eigenvalue weighted by atomic mass is 10.3. The van der Waals surface area contributed by atoms with Crippen molar-refractivity contribution >= 4 is 0 Å². The average molecular weight is 228 g/mol. The first kappa shape index (κ1) is 10.6. The van der Waals surface area contributed by atoms with E-state index in [9.17, 15) is 13.2 Å². The van der Waals surface area contributed by atoms with Gasteiger partial charge in [-0.15, -0.1) is 0 Å². The van der Waals surface area contributed by atoms with Gasteiger partial charge in [0, 0.05) is 12.4 Å². The summed E-state index contributed by atoms with van der Waals surface area (Å²) in [7, 11) is 0. The third kappa shape index (κ3) is 2.56. The minimum Gasteiger partial charge on any atom is -0.275 e. The predicted molar refractivity (Wildman–Crippen MR) is 49.4 cm³/mol. The highest BCUT2D eigenvalue weighted by Gasteiger charge is 2.28. The molecule has 0 aliphatic heterocycles. The Morgan fingerprint density at radius 3 is 2.62 bits per heavy atom. The molecule has 0 saturated carbocycles. The van der Waals surface area contributed by atoms with Gasteiger partial charge in [-0.25, -0.2) is 9.97 Å². The number of nitrogens with one attached hydrogen (secondary N) is 1. The van der Waals surface area contributed by atoms with Gasteiger partial charge in [0.2, 0.25) is 0 Å². The minimum absolute atomic E-state index is 0.0629. The lowest BCUT2D eigenvalue weighted by Gasteiger charge is -2.05. The Morgan fingerprint density at radius 2 is 2.00 bits per heavy atom. The van der Waals surface area contributed by atoms with Crippen molar-refractivity contribution in [2.75, 3.05) is 0 Å². The van der Waals surface area contributed by atoms with E-state index in [1.54, 1.807) is 6.07 Å². The molecule has 0 unspecified atom stereocenters. The Balaban J connectivity index is 2.27. The molecule has 2 aromatic rings. The Bertz CT molecular complexity index is 464. The van der Waals surface area contributed by atoms with Crippen molar-refractivity contribution in [3.8, 4) is 11.5 Å². The molecule has 0 atom stereocenters. The molecule has 2 heterocycles. The van der Waals surface area contributed by atoms with Crippen LogP contribution < -0.4 is 0 Å². The summed E-state index contributed by atoms with van der Waals surface area (Å²) >= 11 is 0. The summed E-state index contributed by atoms with van der Waals surface area (Å²) in [5.41, 5.74) is 0.427. The van der Waals surface area contributed by atoms with E-state index in [1.165, 1.54) is 18.5 Å². The van der Waals surface area contributed by atoms with E-state index in [2.05, 4.69) is 20.2 Å². The van der Waals surface area contributed by atoms with Crippen molar-refractivity contribution in [3.63, 3.8) is 0 Å². The molecule has 0 aliphatic carbocycles. The van der Waals surface area contributed by atoms with Crippen LogP contribution in [0.1, 0.15) is 5.69 Å². The Kier molecular flexibility index (Phi) is 2.59. The van der Waals surface area contributed by atoms with Crippen LogP contribution in [0.2, 0.25) is 0 Å². The highest BCUT2D eigenvalue weighted by molar-refractivity contribution is 5.47. The normalized spacial score (nSPS) is 11.7. The van der Waals surface area contributed by atoms with Gasteiger partial charge in [-0.3, -0.25) is 5.10 Å². The van der Waals surface area contributed by atoms with Crippen molar-refractivity contribution < 1.29 is 13.2 Å². The van der Waals surface area contributed by atoms with Crippen molar-refractivity contribution in [2.24, 2.45) is 0 Å². The maximum Gasteiger partial charge on any atom is 0.394 e. The number of nitrogens with zero attached hydrogens (tertiary/aromatic N) is 3. The predicted octanol–water partition coefficient (Wildman–Crippen LogP) is 1.97. The molecule has 16 heavy (non-hydrogen) atoms. The number of rotatable bonds is 2. The Morgan fingerprint density at radius 1 is 1.19 bits per heavy atom. The zero-order valence-electron chi connectivity index (χ0n) is 7.99. The topological polar surface area (TPSA) is 54.5 Å². The van der Waals surface area contributed by atoms with E-state index >= 15 is 0 Å². The van der Waals surface area contributed by atoms with Crippen molar-refractivity contribution in [1.82, 2.24) is 20.2 Å². The second-order valence-electron chi connectivity index (χ2n) is 3.13. The molecule has 0 amide bonds. The van der Waals surface area contributed by atoms with Gasteiger partial charge >= 0.3 is 6.18 Å². The standard InChI is InChI=1S/C9H7F3N4/c10-9(11,12)5-6-1-3-13-8(15-6)7-2-4-14-16-7/h1-4H,5H2,(H,14,16). The van der Waals surface area contributed by atoms with Crippen LogP contribution in [0.3, 0.4) is 0 Å². The van der Waals surface area contributed by atoms with Crippen LogP contribution in [0, 0.1) is 0 Å². The molecule has 0 radical (unpaired) electrons. The van der Waals surface area contributed by atoms with Gasteiger partial charge in [-0.05, 0) is 12.1 Å². The molecule has 2 rings (SSSR count). The van der Waals surface area contributed by atoms with Gasteiger partial charge in [0.1, 0.15) is 5.69 Å². The largest absolute Gasteiger partial charge is 0.394 e. The third-order valence-corrected chi connectivity index (χ3v) is 1.84. The van der Waals surface area contributed by atoms with Gasteiger partial charge in [-0.1, -0.05) is 0 Å². The van der Waals surface area contributed by atoms with Crippen LogP contribution >= 0.6 is 0 Å². The number of H-pyrrole nitrogens is 1. The van der Waals surface area contributed by atoms with Crippen LogP contribution in [0.15, 0.2) is 24.5 Å².